The highest BCUT2D eigenvalue weighted by atomic mass is 19.4. The summed E-state index contributed by atoms with van der Waals surface area (Å²) in [6, 6.07) is 5.01. The van der Waals surface area contributed by atoms with Crippen molar-refractivity contribution in [2.75, 3.05) is 0 Å². The molecule has 2 rings (SSSR count). The molecule has 1 heterocycles. The second kappa shape index (κ2) is 5.40. The summed E-state index contributed by atoms with van der Waals surface area (Å²) in [5, 5.41) is 6.64. The van der Waals surface area contributed by atoms with Crippen LogP contribution in [0, 0.1) is 6.92 Å². The molecule has 1 aromatic carbocycles. The van der Waals surface area contributed by atoms with E-state index >= 15 is 0 Å². The van der Waals surface area contributed by atoms with Crippen molar-refractivity contribution in [3.05, 3.63) is 47.1 Å². The van der Waals surface area contributed by atoms with Crippen molar-refractivity contribution >= 4 is 0 Å². The van der Waals surface area contributed by atoms with E-state index in [1.807, 2.05) is 0 Å². The van der Waals surface area contributed by atoms with Crippen LogP contribution in [0.3, 0.4) is 0 Å². The SMILES string of the molecule is Cc1noc(CNCc2ccc(C(F)(F)F)cc2)n1. The number of halogens is 3. The van der Waals surface area contributed by atoms with Crippen LogP contribution in [0.5, 0.6) is 0 Å². The lowest BCUT2D eigenvalue weighted by Gasteiger charge is -2.07. The molecule has 7 heteroatoms. The molecule has 0 saturated carbocycles. The smallest absolute Gasteiger partial charge is 0.338 e. The Balaban J connectivity index is 1.86. The molecular formula is C12H12F3N3O. The first-order valence-corrected chi connectivity index (χ1v) is 5.61. The minimum absolute atomic E-state index is 0.377. The summed E-state index contributed by atoms with van der Waals surface area (Å²) in [5.74, 6) is 0.996. The summed E-state index contributed by atoms with van der Waals surface area (Å²) in [5.41, 5.74) is 0.105. The standard InChI is InChI=1S/C12H12F3N3O/c1-8-17-11(19-18-8)7-16-6-9-2-4-10(5-3-9)12(13,14)15/h2-5,16H,6-7H2,1H3. The molecule has 0 atom stereocenters. The van der Waals surface area contributed by atoms with Crippen LogP contribution in [0.2, 0.25) is 0 Å². The largest absolute Gasteiger partial charge is 0.416 e. The van der Waals surface area contributed by atoms with Gasteiger partial charge in [0.15, 0.2) is 5.82 Å². The topological polar surface area (TPSA) is 51.0 Å². The predicted molar refractivity (Wildman–Crippen MR) is 61.0 cm³/mol. The molecule has 0 saturated heterocycles. The van der Waals surface area contributed by atoms with Gasteiger partial charge in [0.2, 0.25) is 5.89 Å². The van der Waals surface area contributed by atoms with Crippen molar-refractivity contribution in [2.45, 2.75) is 26.2 Å². The average Bonchev–Trinajstić information content (AvgIpc) is 2.75. The highest BCUT2D eigenvalue weighted by Gasteiger charge is 2.29. The Morgan fingerprint density at radius 2 is 1.84 bits per heavy atom. The van der Waals surface area contributed by atoms with Crippen molar-refractivity contribution in [3.8, 4) is 0 Å². The van der Waals surface area contributed by atoms with Crippen LogP contribution < -0.4 is 5.32 Å². The number of hydrogen-bond acceptors (Lipinski definition) is 4. The van der Waals surface area contributed by atoms with E-state index in [0.717, 1.165) is 17.7 Å². The van der Waals surface area contributed by atoms with Gasteiger partial charge in [-0.3, -0.25) is 0 Å². The lowest BCUT2D eigenvalue weighted by atomic mass is 10.1. The number of aromatic nitrogens is 2. The maximum atomic E-state index is 12.4. The molecule has 102 valence electrons. The number of benzene rings is 1. The van der Waals surface area contributed by atoms with E-state index in [9.17, 15) is 13.2 Å². The van der Waals surface area contributed by atoms with Crippen LogP contribution in [0.15, 0.2) is 28.8 Å². The number of aryl methyl sites for hydroxylation is 1. The number of nitrogens with zero attached hydrogens (tertiary/aromatic N) is 2. The Labute approximate surface area is 107 Å². The Bertz CT molecular complexity index is 534. The number of rotatable bonds is 4. The third-order valence-corrected chi connectivity index (χ3v) is 2.46. The molecule has 4 nitrogen and oxygen atoms in total. The van der Waals surface area contributed by atoms with Crippen molar-refractivity contribution in [2.24, 2.45) is 0 Å². The minimum Gasteiger partial charge on any atom is -0.338 e. The summed E-state index contributed by atoms with van der Waals surface area (Å²) in [7, 11) is 0. The van der Waals surface area contributed by atoms with Gasteiger partial charge in [-0.2, -0.15) is 18.2 Å². The van der Waals surface area contributed by atoms with Gasteiger partial charge in [0.25, 0.3) is 0 Å². The van der Waals surface area contributed by atoms with Crippen molar-refractivity contribution < 1.29 is 17.7 Å². The summed E-state index contributed by atoms with van der Waals surface area (Å²) in [6.45, 7) is 2.52. The van der Waals surface area contributed by atoms with Crippen LogP contribution in [-0.4, -0.2) is 10.1 Å². The molecule has 0 unspecified atom stereocenters. The van der Waals surface area contributed by atoms with Gasteiger partial charge >= 0.3 is 6.18 Å². The third-order valence-electron chi connectivity index (χ3n) is 2.46. The van der Waals surface area contributed by atoms with E-state index in [1.54, 1.807) is 6.92 Å². The first kappa shape index (κ1) is 13.5. The minimum atomic E-state index is -4.30. The maximum Gasteiger partial charge on any atom is 0.416 e. The Kier molecular flexibility index (Phi) is 3.84. The molecule has 0 aliphatic rings. The lowest BCUT2D eigenvalue weighted by molar-refractivity contribution is -0.137. The molecule has 0 fully saturated rings. The molecule has 0 spiro atoms. The van der Waals surface area contributed by atoms with E-state index in [-0.39, 0.29) is 0 Å². The van der Waals surface area contributed by atoms with Crippen LogP contribution in [-0.2, 0) is 19.3 Å². The monoisotopic (exact) mass is 271 g/mol. The fourth-order valence-corrected chi connectivity index (χ4v) is 1.54. The molecule has 0 radical (unpaired) electrons. The van der Waals surface area contributed by atoms with Gasteiger partial charge in [-0.05, 0) is 24.6 Å². The Morgan fingerprint density at radius 3 is 2.37 bits per heavy atom. The van der Waals surface area contributed by atoms with E-state index in [2.05, 4.69) is 15.5 Å². The van der Waals surface area contributed by atoms with Gasteiger partial charge in [-0.15, -0.1) is 0 Å². The molecule has 2 aromatic rings. The lowest BCUT2D eigenvalue weighted by Crippen LogP contribution is -2.13. The average molecular weight is 271 g/mol. The summed E-state index contributed by atoms with van der Waals surface area (Å²) in [4.78, 5) is 4.00. The first-order valence-electron chi connectivity index (χ1n) is 5.61. The number of alkyl halides is 3. The molecule has 0 aliphatic carbocycles. The zero-order valence-electron chi connectivity index (χ0n) is 10.2. The van der Waals surface area contributed by atoms with E-state index in [1.165, 1.54) is 12.1 Å². The van der Waals surface area contributed by atoms with Gasteiger partial charge in [-0.1, -0.05) is 17.3 Å². The maximum absolute atomic E-state index is 12.4. The fraction of sp³-hybridized carbons (Fsp3) is 0.333. The van der Waals surface area contributed by atoms with Gasteiger partial charge < -0.3 is 9.84 Å². The zero-order chi connectivity index (χ0) is 13.9. The Morgan fingerprint density at radius 1 is 1.16 bits per heavy atom. The molecule has 1 aromatic heterocycles. The summed E-state index contributed by atoms with van der Waals surface area (Å²) >= 11 is 0. The van der Waals surface area contributed by atoms with Crippen molar-refractivity contribution in [3.63, 3.8) is 0 Å². The van der Waals surface area contributed by atoms with E-state index in [0.29, 0.717) is 24.8 Å². The zero-order valence-corrected chi connectivity index (χ0v) is 10.2. The Hall–Kier alpha value is -1.89. The number of hydrogen-bond donors (Lipinski definition) is 1. The molecule has 0 bridgehead atoms. The highest BCUT2D eigenvalue weighted by Crippen LogP contribution is 2.28. The van der Waals surface area contributed by atoms with E-state index < -0.39 is 11.7 Å². The van der Waals surface area contributed by atoms with Gasteiger partial charge in [0.1, 0.15) is 0 Å². The summed E-state index contributed by atoms with van der Waals surface area (Å²) < 4.78 is 41.9. The van der Waals surface area contributed by atoms with Gasteiger partial charge in [0.05, 0.1) is 12.1 Å². The van der Waals surface area contributed by atoms with Gasteiger partial charge in [0, 0.05) is 6.54 Å². The molecular weight excluding hydrogens is 259 g/mol. The van der Waals surface area contributed by atoms with Crippen LogP contribution in [0.25, 0.3) is 0 Å². The highest BCUT2D eigenvalue weighted by molar-refractivity contribution is 5.24. The second-order valence-corrected chi connectivity index (χ2v) is 4.03. The second-order valence-electron chi connectivity index (χ2n) is 4.03. The van der Waals surface area contributed by atoms with Crippen molar-refractivity contribution in [1.82, 2.24) is 15.5 Å². The van der Waals surface area contributed by atoms with Crippen LogP contribution >= 0.6 is 0 Å². The quantitative estimate of drug-likeness (QED) is 0.928. The number of nitrogens with one attached hydrogen (secondary N) is 1. The molecule has 0 aliphatic heterocycles. The third kappa shape index (κ3) is 3.78. The fourth-order valence-electron chi connectivity index (χ4n) is 1.54. The van der Waals surface area contributed by atoms with Crippen LogP contribution in [0.4, 0.5) is 13.2 Å². The van der Waals surface area contributed by atoms with Crippen molar-refractivity contribution in [1.29, 1.82) is 0 Å². The van der Waals surface area contributed by atoms with Crippen LogP contribution in [0.1, 0.15) is 22.8 Å². The predicted octanol–water partition coefficient (Wildman–Crippen LogP) is 2.69. The first-order chi connectivity index (χ1) is 8.95. The van der Waals surface area contributed by atoms with Gasteiger partial charge in [-0.25, -0.2) is 0 Å². The molecule has 1 N–H and O–H groups in total. The molecule has 0 amide bonds. The normalized spacial score (nSPS) is 11.8. The summed E-state index contributed by atoms with van der Waals surface area (Å²) in [6.07, 6.45) is -4.30. The van der Waals surface area contributed by atoms with E-state index in [4.69, 9.17) is 4.52 Å². The molecule has 19 heavy (non-hydrogen) atoms.